The number of aryl methyl sites for hydroxylation is 1. The van der Waals surface area contributed by atoms with E-state index in [1.165, 1.54) is 0 Å². The van der Waals surface area contributed by atoms with Gasteiger partial charge in [-0.3, -0.25) is 0 Å². The second-order valence-electron chi connectivity index (χ2n) is 10.4. The highest BCUT2D eigenvalue weighted by molar-refractivity contribution is 5.76. The van der Waals surface area contributed by atoms with Crippen LogP contribution in [0.3, 0.4) is 0 Å². The van der Waals surface area contributed by atoms with Gasteiger partial charge in [0.1, 0.15) is 5.82 Å². The van der Waals surface area contributed by atoms with Crippen LogP contribution in [0.4, 0.5) is 10.5 Å². The molecule has 2 aromatic carbocycles. The van der Waals surface area contributed by atoms with Gasteiger partial charge in [-0.2, -0.15) is 5.10 Å². The molecule has 7 heteroatoms. The van der Waals surface area contributed by atoms with E-state index >= 15 is 0 Å². The maximum absolute atomic E-state index is 13.8. The number of amides is 2. The highest BCUT2D eigenvalue weighted by Gasteiger charge is 2.35. The molecule has 37 heavy (non-hydrogen) atoms. The number of para-hydroxylation sites is 1. The molecule has 0 unspecified atom stereocenters. The van der Waals surface area contributed by atoms with E-state index in [1.54, 1.807) is 0 Å². The van der Waals surface area contributed by atoms with Gasteiger partial charge in [0.05, 0.1) is 29.7 Å². The Balaban J connectivity index is 1.65. The smallest absolute Gasteiger partial charge is 0.318 e. The number of aromatic nitrogens is 3. The summed E-state index contributed by atoms with van der Waals surface area (Å²) in [5.41, 5.74) is 6.20. The van der Waals surface area contributed by atoms with Crippen LogP contribution in [0.5, 0.6) is 0 Å². The molecule has 0 radical (unpaired) electrons. The molecule has 0 aliphatic carbocycles. The minimum absolute atomic E-state index is 0.0604. The summed E-state index contributed by atoms with van der Waals surface area (Å²) in [5, 5.41) is 8.12. The third kappa shape index (κ3) is 4.73. The van der Waals surface area contributed by atoms with E-state index < -0.39 is 0 Å². The lowest BCUT2D eigenvalue weighted by Crippen LogP contribution is -2.42. The fourth-order valence-electron chi connectivity index (χ4n) is 5.02. The Hall–Kier alpha value is -4.00. The van der Waals surface area contributed by atoms with Crippen molar-refractivity contribution in [2.75, 3.05) is 25.5 Å². The van der Waals surface area contributed by atoms with Crippen LogP contribution in [0.1, 0.15) is 48.8 Å². The van der Waals surface area contributed by atoms with Gasteiger partial charge >= 0.3 is 6.03 Å². The van der Waals surface area contributed by atoms with Crippen molar-refractivity contribution in [1.82, 2.24) is 24.6 Å². The van der Waals surface area contributed by atoms with Crippen LogP contribution >= 0.6 is 0 Å². The first-order valence-corrected chi connectivity index (χ1v) is 13.0. The molecular formula is C30H36N6O. The highest BCUT2D eigenvalue weighted by Crippen LogP contribution is 2.38. The molecule has 0 saturated heterocycles. The molecule has 2 aromatic heterocycles. The molecule has 1 aliphatic heterocycles. The molecule has 1 N–H and O–H groups in total. The molecule has 3 heterocycles. The van der Waals surface area contributed by atoms with Gasteiger partial charge in [0, 0.05) is 38.1 Å². The molecule has 1 aliphatic rings. The van der Waals surface area contributed by atoms with Gasteiger partial charge in [-0.25, -0.2) is 9.48 Å². The van der Waals surface area contributed by atoms with Crippen LogP contribution in [-0.4, -0.2) is 45.9 Å². The third-order valence-electron chi connectivity index (χ3n) is 7.07. The first-order valence-electron chi connectivity index (χ1n) is 13.0. The molecule has 7 nitrogen and oxygen atoms in total. The van der Waals surface area contributed by atoms with Crippen molar-refractivity contribution in [2.45, 2.75) is 39.8 Å². The van der Waals surface area contributed by atoms with E-state index in [-0.39, 0.29) is 12.1 Å². The van der Waals surface area contributed by atoms with Crippen molar-refractivity contribution in [3.05, 3.63) is 95.4 Å². The number of fused-ring (bicyclic) bond motifs is 3. The summed E-state index contributed by atoms with van der Waals surface area (Å²) in [6.45, 7) is 7.49. The predicted octanol–water partition coefficient (Wildman–Crippen LogP) is 5.70. The van der Waals surface area contributed by atoms with Crippen LogP contribution < -0.4 is 10.2 Å². The Labute approximate surface area is 219 Å². The molecular weight excluding hydrogens is 460 g/mol. The van der Waals surface area contributed by atoms with E-state index in [9.17, 15) is 4.79 Å². The number of nitrogens with one attached hydrogen (secondary N) is 1. The highest BCUT2D eigenvalue weighted by atomic mass is 16.2. The summed E-state index contributed by atoms with van der Waals surface area (Å²) in [7, 11) is 4.07. The minimum Gasteiger partial charge on any atom is -0.378 e. The number of anilines is 1. The van der Waals surface area contributed by atoms with Gasteiger partial charge in [0.15, 0.2) is 0 Å². The molecule has 2 amide bonds. The average Bonchev–Trinajstić information content (AvgIpc) is 3.45. The zero-order valence-electron chi connectivity index (χ0n) is 22.3. The number of hydrogen-bond acceptors (Lipinski definition) is 3. The number of carbonyl (C=O) groups excluding carboxylic acids is 1. The topological polar surface area (TPSA) is 58.3 Å². The number of carbonyl (C=O) groups is 1. The Morgan fingerprint density at radius 2 is 1.78 bits per heavy atom. The Bertz CT molecular complexity index is 1370. The zero-order chi connectivity index (χ0) is 26.1. The van der Waals surface area contributed by atoms with Crippen LogP contribution in [-0.2, 0) is 6.54 Å². The van der Waals surface area contributed by atoms with Gasteiger partial charge < -0.3 is 19.7 Å². The summed E-state index contributed by atoms with van der Waals surface area (Å²) in [4.78, 5) is 17.8. The fraction of sp³-hybridized carbons (Fsp3) is 0.333. The van der Waals surface area contributed by atoms with Crippen LogP contribution in [0, 0.1) is 12.8 Å². The maximum atomic E-state index is 13.8. The molecule has 5 rings (SSSR count). The second-order valence-corrected chi connectivity index (χ2v) is 10.4. The third-order valence-corrected chi connectivity index (χ3v) is 7.07. The van der Waals surface area contributed by atoms with Crippen molar-refractivity contribution in [2.24, 2.45) is 5.92 Å². The summed E-state index contributed by atoms with van der Waals surface area (Å²) < 4.78 is 4.20. The maximum Gasteiger partial charge on any atom is 0.318 e. The molecule has 0 saturated carbocycles. The minimum atomic E-state index is -0.249. The molecule has 4 aromatic rings. The van der Waals surface area contributed by atoms with Gasteiger partial charge in [-0.1, -0.05) is 44.2 Å². The first-order chi connectivity index (χ1) is 17.8. The normalized spacial score (nSPS) is 14.8. The van der Waals surface area contributed by atoms with E-state index in [4.69, 9.17) is 5.10 Å². The van der Waals surface area contributed by atoms with E-state index in [1.807, 2.05) is 48.8 Å². The molecule has 0 fully saturated rings. The zero-order valence-corrected chi connectivity index (χ0v) is 22.3. The van der Waals surface area contributed by atoms with Crippen LogP contribution in [0.25, 0.3) is 11.5 Å². The van der Waals surface area contributed by atoms with E-state index in [0.717, 1.165) is 46.1 Å². The average molecular weight is 497 g/mol. The fourth-order valence-corrected chi connectivity index (χ4v) is 5.02. The van der Waals surface area contributed by atoms with E-state index in [0.29, 0.717) is 19.0 Å². The van der Waals surface area contributed by atoms with E-state index in [2.05, 4.69) is 83.4 Å². The first kappa shape index (κ1) is 24.7. The lowest BCUT2D eigenvalue weighted by Gasteiger charge is -2.31. The quantitative estimate of drug-likeness (QED) is 0.373. The summed E-state index contributed by atoms with van der Waals surface area (Å²) >= 11 is 0. The van der Waals surface area contributed by atoms with Crippen LogP contribution in [0.2, 0.25) is 0 Å². The monoisotopic (exact) mass is 496 g/mol. The Morgan fingerprint density at radius 3 is 2.46 bits per heavy atom. The number of hydrogen-bond donors (Lipinski definition) is 1. The molecule has 1 atom stereocenters. The van der Waals surface area contributed by atoms with Gasteiger partial charge in [0.2, 0.25) is 0 Å². The predicted molar refractivity (Wildman–Crippen MR) is 149 cm³/mol. The van der Waals surface area contributed by atoms with Crippen molar-refractivity contribution < 1.29 is 4.79 Å². The second kappa shape index (κ2) is 10.2. The molecule has 0 spiro atoms. The van der Waals surface area contributed by atoms with Crippen molar-refractivity contribution in [3.63, 3.8) is 0 Å². The number of rotatable bonds is 6. The largest absolute Gasteiger partial charge is 0.378 e. The number of urea groups is 1. The van der Waals surface area contributed by atoms with Gasteiger partial charge in [-0.15, -0.1) is 0 Å². The lowest BCUT2D eigenvalue weighted by molar-refractivity contribution is 0.180. The summed E-state index contributed by atoms with van der Waals surface area (Å²) in [6, 6.07) is 22.6. The van der Waals surface area contributed by atoms with Gasteiger partial charge in [-0.05, 0) is 61.2 Å². The summed E-state index contributed by atoms with van der Waals surface area (Å²) in [5.74, 6) is 1.50. The lowest BCUT2D eigenvalue weighted by atomic mass is 10.0. The number of nitrogens with zero attached hydrogens (tertiary/aromatic N) is 5. The molecule has 0 bridgehead atoms. The molecule has 192 valence electrons. The number of benzene rings is 2. The van der Waals surface area contributed by atoms with Crippen molar-refractivity contribution >= 4 is 11.7 Å². The van der Waals surface area contributed by atoms with Crippen LogP contribution in [0.15, 0.2) is 72.9 Å². The summed E-state index contributed by atoms with van der Waals surface area (Å²) in [6.07, 6.45) is 3.02. The Morgan fingerprint density at radius 1 is 1.05 bits per heavy atom. The SMILES string of the molecule is Cc1nn(-c2ccccc2)c2c1CN(C(=O)NCCC(C)C)[C@@H](c1ccc(N(C)C)cc1)c1cccn1-2. The van der Waals surface area contributed by atoms with Crippen molar-refractivity contribution in [3.8, 4) is 11.5 Å². The standard InChI is InChI=1S/C30H36N6O/c1-21(2)17-18-31-30(37)35-20-26-22(3)32-36(25-10-7-6-8-11-25)29(26)34-19-9-12-27(34)28(35)23-13-15-24(16-14-23)33(4)5/h6-16,19,21,28H,17-18,20H2,1-5H3,(H,31,37)/t28-/m0/s1. The van der Waals surface area contributed by atoms with Gasteiger partial charge in [0.25, 0.3) is 0 Å². The Kier molecular flexibility index (Phi) is 6.78. The van der Waals surface area contributed by atoms with Crippen molar-refractivity contribution in [1.29, 1.82) is 0 Å².